The summed E-state index contributed by atoms with van der Waals surface area (Å²) in [6, 6.07) is 13.3. The van der Waals surface area contributed by atoms with E-state index in [1.807, 2.05) is 56.3 Å². The summed E-state index contributed by atoms with van der Waals surface area (Å²) < 4.78 is 5.18. The molecule has 26 heavy (non-hydrogen) atoms. The van der Waals surface area contributed by atoms with Crippen LogP contribution in [-0.4, -0.2) is 23.0 Å². The van der Waals surface area contributed by atoms with Crippen molar-refractivity contribution in [3.8, 4) is 5.75 Å². The van der Waals surface area contributed by atoms with Crippen LogP contribution in [0, 0.1) is 13.8 Å². The van der Waals surface area contributed by atoms with Gasteiger partial charge in [-0.2, -0.15) is 0 Å². The zero-order valence-corrected chi connectivity index (χ0v) is 14.9. The highest BCUT2D eigenvalue weighted by atomic mass is 16.5. The molecule has 0 radical (unpaired) electrons. The summed E-state index contributed by atoms with van der Waals surface area (Å²) in [5, 5.41) is 5.96. The van der Waals surface area contributed by atoms with E-state index in [9.17, 15) is 4.79 Å². The highest BCUT2D eigenvalue weighted by Gasteiger charge is 2.09. The Morgan fingerprint density at radius 2 is 1.81 bits per heavy atom. The maximum atomic E-state index is 12.4. The Kier molecular flexibility index (Phi) is 5.12. The van der Waals surface area contributed by atoms with Crippen molar-refractivity contribution < 1.29 is 9.53 Å². The highest BCUT2D eigenvalue weighted by molar-refractivity contribution is 6.04. The van der Waals surface area contributed by atoms with Crippen molar-refractivity contribution in [1.29, 1.82) is 0 Å². The fourth-order valence-electron chi connectivity index (χ4n) is 2.49. The minimum atomic E-state index is -0.245. The van der Waals surface area contributed by atoms with E-state index in [1.54, 1.807) is 7.11 Å². The Hall–Kier alpha value is -3.41. The maximum Gasteiger partial charge on any atom is 0.258 e. The molecule has 0 aliphatic heterocycles. The predicted octanol–water partition coefficient (Wildman–Crippen LogP) is 4.10. The van der Waals surface area contributed by atoms with Crippen molar-refractivity contribution in [1.82, 2.24) is 9.97 Å². The first-order valence-corrected chi connectivity index (χ1v) is 8.17. The van der Waals surface area contributed by atoms with Gasteiger partial charge in [-0.25, -0.2) is 9.97 Å². The number of ether oxygens (including phenoxy) is 1. The Bertz CT molecular complexity index is 923. The Morgan fingerprint density at radius 1 is 1.04 bits per heavy atom. The van der Waals surface area contributed by atoms with Crippen LogP contribution in [0.2, 0.25) is 0 Å². The summed E-state index contributed by atoms with van der Waals surface area (Å²) in [4.78, 5) is 20.8. The van der Waals surface area contributed by atoms with Gasteiger partial charge in [0.25, 0.3) is 5.91 Å². The van der Waals surface area contributed by atoms with Crippen LogP contribution in [0.3, 0.4) is 0 Å². The summed E-state index contributed by atoms with van der Waals surface area (Å²) in [7, 11) is 1.61. The number of benzene rings is 2. The van der Waals surface area contributed by atoms with E-state index in [-0.39, 0.29) is 5.91 Å². The molecule has 3 aromatic rings. The van der Waals surface area contributed by atoms with Crippen LogP contribution in [-0.2, 0) is 0 Å². The molecule has 132 valence electrons. The number of nitrogens with zero attached hydrogens (tertiary/aromatic N) is 2. The molecule has 0 unspecified atom stereocenters. The number of hydrogen-bond donors (Lipinski definition) is 2. The molecule has 1 aromatic heterocycles. The number of carbonyl (C=O) groups is 1. The van der Waals surface area contributed by atoms with Crippen molar-refractivity contribution in [3.63, 3.8) is 0 Å². The van der Waals surface area contributed by atoms with Gasteiger partial charge in [0.15, 0.2) is 0 Å². The fraction of sp³-hybridized carbons (Fsp3) is 0.150. The van der Waals surface area contributed by atoms with Gasteiger partial charge < -0.3 is 15.4 Å². The number of hydrogen-bond acceptors (Lipinski definition) is 5. The van der Waals surface area contributed by atoms with Crippen LogP contribution in [0.5, 0.6) is 5.75 Å². The van der Waals surface area contributed by atoms with E-state index in [2.05, 4.69) is 20.6 Å². The zero-order chi connectivity index (χ0) is 18.5. The van der Waals surface area contributed by atoms with Gasteiger partial charge in [-0.05, 0) is 37.6 Å². The number of nitrogens with one attached hydrogen (secondary N) is 2. The molecule has 0 spiro atoms. The van der Waals surface area contributed by atoms with Crippen LogP contribution >= 0.6 is 0 Å². The number of aryl methyl sites for hydroxylation is 2. The smallest absolute Gasteiger partial charge is 0.258 e. The largest absolute Gasteiger partial charge is 0.497 e. The Labute approximate surface area is 152 Å². The lowest BCUT2D eigenvalue weighted by Crippen LogP contribution is -2.14. The SMILES string of the molecule is COc1cccc(Nc2ncc(C(=O)Nc3ccc(C)cc3C)cn2)c1. The van der Waals surface area contributed by atoms with Crippen LogP contribution < -0.4 is 15.4 Å². The van der Waals surface area contributed by atoms with Crippen LogP contribution in [0.1, 0.15) is 21.5 Å². The molecule has 1 amide bonds. The second-order valence-corrected chi connectivity index (χ2v) is 5.92. The summed E-state index contributed by atoms with van der Waals surface area (Å²) in [5.74, 6) is 0.894. The molecular formula is C20H20N4O2. The predicted molar refractivity (Wildman–Crippen MR) is 102 cm³/mol. The van der Waals surface area contributed by atoms with Crippen LogP contribution in [0.15, 0.2) is 54.9 Å². The minimum Gasteiger partial charge on any atom is -0.497 e. The maximum absolute atomic E-state index is 12.4. The first-order chi connectivity index (χ1) is 12.5. The van der Waals surface area contributed by atoms with Gasteiger partial charge in [-0.15, -0.1) is 0 Å². The standard InChI is InChI=1S/C20H20N4O2/c1-13-7-8-18(14(2)9-13)24-19(25)15-11-21-20(22-12-15)23-16-5-4-6-17(10-16)26-3/h4-12H,1-3H3,(H,24,25)(H,21,22,23). The van der Waals surface area contributed by atoms with E-state index < -0.39 is 0 Å². The second kappa shape index (κ2) is 7.65. The summed E-state index contributed by atoms with van der Waals surface area (Å²) in [5.41, 5.74) is 4.13. The molecule has 0 saturated heterocycles. The molecule has 0 atom stereocenters. The van der Waals surface area contributed by atoms with E-state index in [4.69, 9.17) is 4.74 Å². The van der Waals surface area contributed by atoms with E-state index in [0.29, 0.717) is 11.5 Å². The average Bonchev–Trinajstić information content (AvgIpc) is 2.64. The van der Waals surface area contributed by atoms with Gasteiger partial charge in [0.1, 0.15) is 5.75 Å². The van der Waals surface area contributed by atoms with Gasteiger partial charge in [0, 0.05) is 29.8 Å². The molecule has 0 aliphatic rings. The molecule has 0 saturated carbocycles. The lowest BCUT2D eigenvalue weighted by atomic mass is 10.1. The molecule has 2 N–H and O–H groups in total. The van der Waals surface area contributed by atoms with E-state index >= 15 is 0 Å². The Morgan fingerprint density at radius 3 is 2.50 bits per heavy atom. The number of anilines is 3. The molecule has 6 nitrogen and oxygen atoms in total. The third-order valence-electron chi connectivity index (χ3n) is 3.87. The van der Waals surface area contributed by atoms with Crippen LogP contribution in [0.25, 0.3) is 0 Å². The molecule has 3 rings (SSSR count). The number of aromatic nitrogens is 2. The van der Waals surface area contributed by atoms with Crippen LogP contribution in [0.4, 0.5) is 17.3 Å². The third kappa shape index (κ3) is 4.16. The molecule has 1 heterocycles. The van der Waals surface area contributed by atoms with E-state index in [0.717, 1.165) is 28.3 Å². The van der Waals surface area contributed by atoms with Gasteiger partial charge in [-0.3, -0.25) is 4.79 Å². The highest BCUT2D eigenvalue weighted by Crippen LogP contribution is 2.20. The zero-order valence-electron chi connectivity index (χ0n) is 14.9. The average molecular weight is 348 g/mol. The molecule has 6 heteroatoms. The lowest BCUT2D eigenvalue weighted by molar-refractivity contribution is 0.102. The van der Waals surface area contributed by atoms with Crippen molar-refractivity contribution in [3.05, 3.63) is 71.5 Å². The normalized spacial score (nSPS) is 10.3. The summed E-state index contributed by atoms with van der Waals surface area (Å²) >= 11 is 0. The van der Waals surface area contributed by atoms with Crippen molar-refractivity contribution in [2.45, 2.75) is 13.8 Å². The van der Waals surface area contributed by atoms with Crippen molar-refractivity contribution in [2.24, 2.45) is 0 Å². The number of rotatable bonds is 5. The minimum absolute atomic E-state index is 0.245. The number of methoxy groups -OCH3 is 1. The first-order valence-electron chi connectivity index (χ1n) is 8.17. The number of carbonyl (C=O) groups excluding carboxylic acids is 1. The first kappa shape index (κ1) is 17.4. The summed E-state index contributed by atoms with van der Waals surface area (Å²) in [6.07, 6.45) is 2.99. The molecule has 0 fully saturated rings. The van der Waals surface area contributed by atoms with Gasteiger partial charge in [0.05, 0.1) is 12.7 Å². The fourth-order valence-corrected chi connectivity index (χ4v) is 2.49. The van der Waals surface area contributed by atoms with Gasteiger partial charge >= 0.3 is 0 Å². The quantitative estimate of drug-likeness (QED) is 0.726. The van der Waals surface area contributed by atoms with Gasteiger partial charge in [-0.1, -0.05) is 23.8 Å². The Balaban J connectivity index is 1.69. The van der Waals surface area contributed by atoms with E-state index in [1.165, 1.54) is 12.4 Å². The monoisotopic (exact) mass is 348 g/mol. The lowest BCUT2D eigenvalue weighted by Gasteiger charge is -2.10. The number of amides is 1. The molecule has 2 aromatic carbocycles. The van der Waals surface area contributed by atoms with Gasteiger partial charge in [0.2, 0.25) is 5.95 Å². The third-order valence-corrected chi connectivity index (χ3v) is 3.87. The second-order valence-electron chi connectivity index (χ2n) is 5.92. The molecule has 0 bridgehead atoms. The van der Waals surface area contributed by atoms with Crippen molar-refractivity contribution in [2.75, 3.05) is 17.7 Å². The topological polar surface area (TPSA) is 76.1 Å². The van der Waals surface area contributed by atoms with Crippen molar-refractivity contribution >= 4 is 23.2 Å². The molecular weight excluding hydrogens is 328 g/mol. The molecule has 0 aliphatic carbocycles. The summed E-state index contributed by atoms with van der Waals surface area (Å²) in [6.45, 7) is 3.97.